The van der Waals surface area contributed by atoms with Gasteiger partial charge >= 0.3 is 5.97 Å². The second kappa shape index (κ2) is 11.2. The molecule has 0 spiro atoms. The number of hydrogen-bond acceptors (Lipinski definition) is 5. The zero-order valence-corrected chi connectivity index (χ0v) is 16.7. The van der Waals surface area contributed by atoms with Crippen LogP contribution >= 0.6 is 0 Å². The van der Waals surface area contributed by atoms with Gasteiger partial charge in [-0.25, -0.2) is 4.79 Å². The van der Waals surface area contributed by atoms with Crippen molar-refractivity contribution in [2.75, 3.05) is 19.0 Å². The molecule has 0 aliphatic rings. The third-order valence-electron chi connectivity index (χ3n) is 3.94. The van der Waals surface area contributed by atoms with E-state index in [0.717, 1.165) is 5.56 Å². The summed E-state index contributed by atoms with van der Waals surface area (Å²) in [5.74, 6) is -1.97. The highest BCUT2D eigenvalue weighted by atomic mass is 16.5. The number of esters is 1. The molecule has 8 heteroatoms. The van der Waals surface area contributed by atoms with Crippen LogP contribution in [0.3, 0.4) is 0 Å². The molecule has 0 heterocycles. The predicted octanol–water partition coefficient (Wildman–Crippen LogP) is 1.75. The Bertz CT molecular complexity index is 924. The van der Waals surface area contributed by atoms with Crippen LogP contribution in [0, 0.1) is 0 Å². The third kappa shape index (κ3) is 7.23. The smallest absolute Gasteiger partial charge is 0.328 e. The molecule has 0 radical (unpaired) electrons. The lowest BCUT2D eigenvalue weighted by Crippen LogP contribution is -2.39. The first-order valence-corrected chi connectivity index (χ1v) is 9.21. The molecule has 2 aromatic rings. The number of hydrogen-bond donors (Lipinski definition) is 3. The van der Waals surface area contributed by atoms with Gasteiger partial charge in [-0.3, -0.25) is 14.4 Å². The quantitative estimate of drug-likeness (QED) is 0.454. The molecule has 0 saturated carbocycles. The van der Waals surface area contributed by atoms with E-state index in [1.54, 1.807) is 30.3 Å². The third-order valence-corrected chi connectivity index (χ3v) is 3.94. The van der Waals surface area contributed by atoms with Crippen LogP contribution in [0.5, 0.6) is 0 Å². The molecule has 8 nitrogen and oxygen atoms in total. The lowest BCUT2D eigenvalue weighted by Gasteiger charge is -2.12. The standard InChI is InChI=1S/C22H23N3O5/c1-15(24-19(26)13-8-16-6-4-3-5-7-16)22(29)30-14-20(27)25-18-11-9-17(10-12-18)21(28)23-2/h3-13,15H,14H2,1-2H3,(H,23,28)(H,24,26)(H,25,27)/b13-8+/t15-/m0/s1. The summed E-state index contributed by atoms with van der Waals surface area (Å²) in [4.78, 5) is 47.3. The molecule has 0 aliphatic carbocycles. The van der Waals surface area contributed by atoms with Gasteiger partial charge in [0.25, 0.3) is 11.8 Å². The molecule has 3 N–H and O–H groups in total. The minimum atomic E-state index is -0.919. The highest BCUT2D eigenvalue weighted by molar-refractivity contribution is 5.97. The maximum atomic E-state index is 12.0. The van der Waals surface area contributed by atoms with Crippen molar-refractivity contribution in [2.45, 2.75) is 13.0 Å². The Kier molecular flexibility index (Phi) is 8.31. The Morgan fingerprint density at radius 2 is 1.67 bits per heavy atom. The Morgan fingerprint density at radius 3 is 2.30 bits per heavy atom. The predicted molar refractivity (Wildman–Crippen MR) is 113 cm³/mol. The van der Waals surface area contributed by atoms with E-state index < -0.39 is 30.4 Å². The largest absolute Gasteiger partial charge is 0.454 e. The molecule has 0 saturated heterocycles. The van der Waals surface area contributed by atoms with Gasteiger partial charge in [0.05, 0.1) is 0 Å². The summed E-state index contributed by atoms with van der Waals surface area (Å²) in [6, 6.07) is 14.6. The molecule has 0 bridgehead atoms. The number of ether oxygens (including phenoxy) is 1. The van der Waals surface area contributed by atoms with E-state index in [9.17, 15) is 19.2 Å². The number of carbonyl (C=O) groups is 4. The monoisotopic (exact) mass is 409 g/mol. The van der Waals surface area contributed by atoms with Crippen LogP contribution in [0.4, 0.5) is 5.69 Å². The van der Waals surface area contributed by atoms with Gasteiger partial charge in [-0.05, 0) is 42.8 Å². The Morgan fingerprint density at radius 1 is 1.00 bits per heavy atom. The van der Waals surface area contributed by atoms with Gasteiger partial charge in [-0.2, -0.15) is 0 Å². The fourth-order valence-electron chi connectivity index (χ4n) is 2.36. The van der Waals surface area contributed by atoms with Crippen LogP contribution in [0.1, 0.15) is 22.8 Å². The number of nitrogens with one attached hydrogen (secondary N) is 3. The number of rotatable bonds is 8. The molecule has 3 amide bonds. The maximum Gasteiger partial charge on any atom is 0.328 e. The van der Waals surface area contributed by atoms with Crippen molar-refractivity contribution >= 4 is 35.5 Å². The molecule has 0 unspecified atom stereocenters. The van der Waals surface area contributed by atoms with Gasteiger partial charge in [0, 0.05) is 24.4 Å². The van der Waals surface area contributed by atoms with Crippen molar-refractivity contribution in [1.29, 1.82) is 0 Å². The van der Waals surface area contributed by atoms with Gasteiger partial charge in [-0.15, -0.1) is 0 Å². The lowest BCUT2D eigenvalue weighted by molar-refractivity contribution is -0.149. The summed E-state index contributed by atoms with van der Waals surface area (Å²) < 4.78 is 4.93. The van der Waals surface area contributed by atoms with E-state index in [-0.39, 0.29) is 5.91 Å². The number of carbonyl (C=O) groups excluding carboxylic acids is 4. The van der Waals surface area contributed by atoms with Gasteiger partial charge in [0.15, 0.2) is 6.61 Å². The van der Waals surface area contributed by atoms with Crippen molar-refractivity contribution in [1.82, 2.24) is 10.6 Å². The van der Waals surface area contributed by atoms with Gasteiger partial charge in [0.1, 0.15) is 6.04 Å². The summed E-state index contributed by atoms with van der Waals surface area (Å²) in [6.45, 7) is 0.960. The van der Waals surface area contributed by atoms with Crippen LogP contribution in [0.2, 0.25) is 0 Å². The first-order valence-electron chi connectivity index (χ1n) is 9.21. The molecule has 0 aromatic heterocycles. The van der Waals surface area contributed by atoms with E-state index in [1.807, 2.05) is 30.3 Å². The first-order chi connectivity index (χ1) is 14.4. The van der Waals surface area contributed by atoms with Crippen molar-refractivity contribution in [3.63, 3.8) is 0 Å². The van der Waals surface area contributed by atoms with Crippen LogP contribution in [0.15, 0.2) is 60.7 Å². The topological polar surface area (TPSA) is 114 Å². The summed E-state index contributed by atoms with van der Waals surface area (Å²) in [6.07, 6.45) is 2.94. The second-order valence-corrected chi connectivity index (χ2v) is 6.29. The average Bonchev–Trinajstić information content (AvgIpc) is 2.76. The molecule has 1 atom stereocenters. The van der Waals surface area contributed by atoms with E-state index in [0.29, 0.717) is 11.3 Å². The van der Waals surface area contributed by atoms with Crippen LogP contribution in [-0.2, 0) is 19.1 Å². The van der Waals surface area contributed by atoms with Crippen molar-refractivity contribution < 1.29 is 23.9 Å². The first kappa shape index (κ1) is 22.4. The summed E-state index contributed by atoms with van der Waals surface area (Å²) >= 11 is 0. The molecular formula is C22H23N3O5. The molecule has 156 valence electrons. The number of amides is 3. The van der Waals surface area contributed by atoms with E-state index in [1.165, 1.54) is 20.0 Å². The van der Waals surface area contributed by atoms with Gasteiger partial charge in [-0.1, -0.05) is 30.3 Å². The van der Waals surface area contributed by atoms with Crippen molar-refractivity contribution in [3.05, 3.63) is 71.8 Å². The fourth-order valence-corrected chi connectivity index (χ4v) is 2.36. The van der Waals surface area contributed by atoms with Crippen molar-refractivity contribution in [3.8, 4) is 0 Å². The Labute approximate surface area is 174 Å². The molecule has 30 heavy (non-hydrogen) atoms. The SMILES string of the molecule is CNC(=O)c1ccc(NC(=O)COC(=O)[C@H](C)NC(=O)/C=C/c2ccccc2)cc1. The molecule has 0 aliphatic heterocycles. The van der Waals surface area contributed by atoms with E-state index in [4.69, 9.17) is 4.74 Å². The molecule has 0 fully saturated rings. The zero-order valence-electron chi connectivity index (χ0n) is 16.7. The summed E-state index contributed by atoms with van der Waals surface area (Å²) in [5, 5.41) is 7.53. The van der Waals surface area contributed by atoms with Crippen LogP contribution < -0.4 is 16.0 Å². The number of anilines is 1. The highest BCUT2D eigenvalue weighted by Crippen LogP contribution is 2.09. The van der Waals surface area contributed by atoms with E-state index >= 15 is 0 Å². The van der Waals surface area contributed by atoms with E-state index in [2.05, 4.69) is 16.0 Å². The normalized spacial score (nSPS) is 11.4. The fraction of sp³-hybridized carbons (Fsp3) is 0.182. The average molecular weight is 409 g/mol. The highest BCUT2D eigenvalue weighted by Gasteiger charge is 2.17. The summed E-state index contributed by atoms with van der Waals surface area (Å²) in [7, 11) is 1.52. The van der Waals surface area contributed by atoms with Crippen LogP contribution in [-0.4, -0.2) is 43.4 Å². The minimum absolute atomic E-state index is 0.239. The second-order valence-electron chi connectivity index (χ2n) is 6.29. The zero-order chi connectivity index (χ0) is 21.9. The van der Waals surface area contributed by atoms with Gasteiger partial charge in [0.2, 0.25) is 5.91 Å². The summed E-state index contributed by atoms with van der Waals surface area (Å²) in [5.41, 5.74) is 1.76. The molecule has 2 rings (SSSR count). The Hall–Kier alpha value is -3.94. The lowest BCUT2D eigenvalue weighted by atomic mass is 10.2. The van der Waals surface area contributed by atoms with Crippen LogP contribution in [0.25, 0.3) is 6.08 Å². The molecular weight excluding hydrogens is 386 g/mol. The minimum Gasteiger partial charge on any atom is -0.454 e. The maximum absolute atomic E-state index is 12.0. The Balaban J connectivity index is 1.75. The van der Waals surface area contributed by atoms with Gasteiger partial charge < -0.3 is 20.7 Å². The van der Waals surface area contributed by atoms with Crippen molar-refractivity contribution in [2.24, 2.45) is 0 Å². The molecule has 2 aromatic carbocycles. The number of benzene rings is 2.